The van der Waals surface area contributed by atoms with Crippen molar-refractivity contribution in [3.63, 3.8) is 0 Å². The summed E-state index contributed by atoms with van der Waals surface area (Å²) in [6.45, 7) is 1.86. The van der Waals surface area contributed by atoms with Crippen LogP contribution in [0.25, 0.3) is 11.3 Å². The number of hydrogen-bond acceptors (Lipinski definition) is 5. The molecule has 152 valence electrons. The molecule has 0 spiro atoms. The Morgan fingerprint density at radius 3 is 2.57 bits per heavy atom. The Bertz CT molecular complexity index is 1140. The number of ether oxygens (including phenoxy) is 1. The Kier molecular flexibility index (Phi) is 5.05. The second-order valence-corrected chi connectivity index (χ2v) is 6.93. The molecule has 1 aliphatic rings. The molecule has 0 aliphatic carbocycles. The highest BCUT2D eigenvalue weighted by Crippen LogP contribution is 2.34. The summed E-state index contributed by atoms with van der Waals surface area (Å²) in [5.41, 5.74) is 2.91. The number of nitrogens with one attached hydrogen (secondary N) is 2. The second-order valence-electron chi connectivity index (χ2n) is 6.93. The highest BCUT2D eigenvalue weighted by molar-refractivity contribution is 6.05. The number of fused-ring (bicyclic) bond motifs is 1. The summed E-state index contributed by atoms with van der Waals surface area (Å²) in [6, 6.07) is 15.3. The molecule has 3 aromatic rings. The van der Waals surface area contributed by atoms with E-state index < -0.39 is 17.9 Å². The molecular weight excluding hydrogens is 384 g/mol. The first-order chi connectivity index (χ1) is 14.5. The standard InChI is InChI=1S/C22H20N4O4/c1-13-19(14-8-4-3-5-9-14)25-26-17(12-18(27)24-20(13)26)21(28)23-16-11-7-6-10-15(16)22(29)30-2/h3-11,17H,12H2,1-2H3,(H,23,28)(H,24,27)/t17-/m1/s1. The van der Waals surface area contributed by atoms with Crippen molar-refractivity contribution in [2.45, 2.75) is 19.4 Å². The Labute approximate surface area is 172 Å². The summed E-state index contributed by atoms with van der Waals surface area (Å²) in [4.78, 5) is 37.4. The van der Waals surface area contributed by atoms with Crippen LogP contribution in [-0.4, -0.2) is 34.7 Å². The van der Waals surface area contributed by atoms with Crippen LogP contribution < -0.4 is 10.6 Å². The lowest BCUT2D eigenvalue weighted by molar-refractivity contribution is -0.125. The first-order valence-corrected chi connectivity index (χ1v) is 9.42. The van der Waals surface area contributed by atoms with Crippen LogP contribution >= 0.6 is 0 Å². The lowest BCUT2D eigenvalue weighted by Crippen LogP contribution is -2.36. The molecule has 2 amide bonds. The SMILES string of the molecule is COC(=O)c1ccccc1NC(=O)[C@H]1CC(=O)Nc2c(C)c(-c3ccccc3)nn21. The maximum absolute atomic E-state index is 13.1. The molecule has 0 unspecified atom stereocenters. The van der Waals surface area contributed by atoms with Gasteiger partial charge < -0.3 is 15.4 Å². The topological polar surface area (TPSA) is 102 Å². The highest BCUT2D eigenvalue weighted by atomic mass is 16.5. The Morgan fingerprint density at radius 2 is 1.83 bits per heavy atom. The van der Waals surface area contributed by atoms with Crippen molar-refractivity contribution >= 4 is 29.3 Å². The third-order valence-electron chi connectivity index (χ3n) is 5.02. The molecule has 8 nitrogen and oxygen atoms in total. The summed E-state index contributed by atoms with van der Waals surface area (Å²) < 4.78 is 6.31. The number of benzene rings is 2. The van der Waals surface area contributed by atoms with E-state index in [4.69, 9.17) is 4.74 Å². The fraction of sp³-hybridized carbons (Fsp3) is 0.182. The van der Waals surface area contributed by atoms with Crippen molar-refractivity contribution < 1.29 is 19.1 Å². The molecule has 2 aromatic carbocycles. The number of aromatic nitrogens is 2. The van der Waals surface area contributed by atoms with Gasteiger partial charge in [-0.1, -0.05) is 42.5 Å². The molecule has 0 saturated heterocycles. The Balaban J connectivity index is 1.70. The highest BCUT2D eigenvalue weighted by Gasteiger charge is 2.34. The number of carbonyl (C=O) groups is 3. The maximum atomic E-state index is 13.1. The van der Waals surface area contributed by atoms with E-state index in [2.05, 4.69) is 15.7 Å². The van der Waals surface area contributed by atoms with Gasteiger partial charge in [-0.15, -0.1) is 0 Å². The zero-order valence-electron chi connectivity index (χ0n) is 16.5. The number of rotatable bonds is 4. The van der Waals surface area contributed by atoms with Gasteiger partial charge in [-0.25, -0.2) is 9.48 Å². The van der Waals surface area contributed by atoms with Crippen LogP contribution in [0.1, 0.15) is 28.4 Å². The Hall–Kier alpha value is -3.94. The van der Waals surface area contributed by atoms with Gasteiger partial charge in [-0.2, -0.15) is 5.10 Å². The van der Waals surface area contributed by atoms with E-state index in [9.17, 15) is 14.4 Å². The van der Waals surface area contributed by atoms with E-state index in [1.807, 2.05) is 37.3 Å². The van der Waals surface area contributed by atoms with Crippen LogP contribution in [0.2, 0.25) is 0 Å². The zero-order chi connectivity index (χ0) is 21.3. The van der Waals surface area contributed by atoms with Crippen LogP contribution in [0, 0.1) is 6.92 Å². The third kappa shape index (κ3) is 3.43. The van der Waals surface area contributed by atoms with E-state index in [-0.39, 0.29) is 17.9 Å². The number of methoxy groups -OCH3 is 1. The van der Waals surface area contributed by atoms with Crippen molar-refractivity contribution in [2.24, 2.45) is 0 Å². The summed E-state index contributed by atoms with van der Waals surface area (Å²) in [7, 11) is 1.27. The van der Waals surface area contributed by atoms with Crippen molar-refractivity contribution in [2.75, 3.05) is 17.7 Å². The van der Waals surface area contributed by atoms with E-state index >= 15 is 0 Å². The average molecular weight is 404 g/mol. The molecule has 2 heterocycles. The minimum absolute atomic E-state index is 0.0609. The maximum Gasteiger partial charge on any atom is 0.339 e. The summed E-state index contributed by atoms with van der Waals surface area (Å²) in [6.07, 6.45) is -0.0609. The van der Waals surface area contributed by atoms with E-state index in [0.717, 1.165) is 11.1 Å². The van der Waals surface area contributed by atoms with Crippen LogP contribution in [0.15, 0.2) is 54.6 Å². The van der Waals surface area contributed by atoms with Crippen molar-refractivity contribution in [3.8, 4) is 11.3 Å². The molecule has 8 heteroatoms. The fourth-order valence-corrected chi connectivity index (χ4v) is 3.51. The normalized spacial score (nSPS) is 15.1. The van der Waals surface area contributed by atoms with Gasteiger partial charge in [0.25, 0.3) is 0 Å². The van der Waals surface area contributed by atoms with Gasteiger partial charge in [0.05, 0.1) is 30.5 Å². The van der Waals surface area contributed by atoms with Crippen LogP contribution in [0.4, 0.5) is 11.5 Å². The van der Waals surface area contributed by atoms with Gasteiger partial charge in [-0.05, 0) is 19.1 Å². The van der Waals surface area contributed by atoms with Crippen LogP contribution in [0.3, 0.4) is 0 Å². The fourth-order valence-electron chi connectivity index (χ4n) is 3.51. The van der Waals surface area contributed by atoms with Gasteiger partial charge in [-0.3, -0.25) is 9.59 Å². The Morgan fingerprint density at radius 1 is 1.13 bits per heavy atom. The predicted molar refractivity (Wildman–Crippen MR) is 111 cm³/mol. The number of para-hydroxylation sites is 1. The first kappa shape index (κ1) is 19.4. The monoisotopic (exact) mass is 404 g/mol. The third-order valence-corrected chi connectivity index (χ3v) is 5.02. The van der Waals surface area contributed by atoms with E-state index in [1.165, 1.54) is 11.8 Å². The average Bonchev–Trinajstić information content (AvgIpc) is 3.10. The molecule has 1 aromatic heterocycles. The van der Waals surface area contributed by atoms with Crippen molar-refractivity contribution in [1.29, 1.82) is 0 Å². The number of hydrogen-bond donors (Lipinski definition) is 2. The van der Waals surface area contributed by atoms with Gasteiger partial charge in [0.1, 0.15) is 11.9 Å². The molecule has 4 rings (SSSR count). The molecule has 0 fully saturated rings. The number of nitrogens with zero attached hydrogens (tertiary/aromatic N) is 2. The van der Waals surface area contributed by atoms with Gasteiger partial charge >= 0.3 is 5.97 Å². The number of amides is 2. The quantitative estimate of drug-likeness (QED) is 0.651. The minimum Gasteiger partial charge on any atom is -0.465 e. The van der Waals surface area contributed by atoms with E-state index in [1.54, 1.807) is 24.3 Å². The molecule has 0 bridgehead atoms. The molecule has 0 radical (unpaired) electrons. The second kappa shape index (κ2) is 7.82. The molecule has 2 N–H and O–H groups in total. The molecule has 30 heavy (non-hydrogen) atoms. The minimum atomic E-state index is -0.851. The summed E-state index contributed by atoms with van der Waals surface area (Å²) in [5, 5.41) is 10.2. The number of anilines is 2. The molecule has 1 atom stereocenters. The van der Waals surface area contributed by atoms with E-state index in [0.29, 0.717) is 17.2 Å². The largest absolute Gasteiger partial charge is 0.465 e. The summed E-state index contributed by atoms with van der Waals surface area (Å²) in [5.74, 6) is -0.781. The first-order valence-electron chi connectivity index (χ1n) is 9.42. The van der Waals surface area contributed by atoms with Crippen molar-refractivity contribution in [3.05, 3.63) is 65.7 Å². The number of carbonyl (C=O) groups excluding carboxylic acids is 3. The van der Waals surface area contributed by atoms with Gasteiger partial charge in [0.2, 0.25) is 11.8 Å². The van der Waals surface area contributed by atoms with Crippen molar-refractivity contribution in [1.82, 2.24) is 9.78 Å². The lowest BCUT2D eigenvalue weighted by atomic mass is 10.1. The molecular formula is C22H20N4O4. The van der Waals surface area contributed by atoms with Gasteiger partial charge in [0.15, 0.2) is 0 Å². The predicted octanol–water partition coefficient (Wildman–Crippen LogP) is 3.17. The summed E-state index contributed by atoms with van der Waals surface area (Å²) >= 11 is 0. The number of esters is 1. The smallest absolute Gasteiger partial charge is 0.339 e. The van der Waals surface area contributed by atoms with Gasteiger partial charge in [0, 0.05) is 11.1 Å². The molecule has 1 aliphatic heterocycles. The zero-order valence-corrected chi connectivity index (χ0v) is 16.5. The molecule has 0 saturated carbocycles. The van der Waals surface area contributed by atoms with Crippen LogP contribution in [0.5, 0.6) is 0 Å². The lowest BCUT2D eigenvalue weighted by Gasteiger charge is -2.24. The van der Waals surface area contributed by atoms with Crippen LogP contribution in [-0.2, 0) is 14.3 Å².